The van der Waals surface area contributed by atoms with E-state index in [4.69, 9.17) is 10.3 Å². The van der Waals surface area contributed by atoms with Crippen LogP contribution in [0.5, 0.6) is 0 Å². The third-order valence-corrected chi connectivity index (χ3v) is 4.51. The number of nitrogens with zero attached hydrogens (tertiary/aromatic N) is 3. The summed E-state index contributed by atoms with van der Waals surface area (Å²) in [6, 6.07) is 11.8. The molecule has 0 saturated heterocycles. The largest absolute Gasteiger partial charge is 0.335 e. The number of fused-ring (bicyclic) bond motifs is 1. The highest BCUT2D eigenvalue weighted by Crippen LogP contribution is 2.28. The van der Waals surface area contributed by atoms with E-state index in [1.54, 1.807) is 0 Å². The van der Waals surface area contributed by atoms with E-state index in [1.807, 2.05) is 62.1 Å². The molecule has 6 nitrogen and oxygen atoms in total. The number of nitrogens with two attached hydrogens (primary N) is 1. The quantitative estimate of drug-likeness (QED) is 0.643. The number of aryl methyl sites for hydroxylation is 1. The van der Waals surface area contributed by atoms with Crippen LogP contribution in [-0.4, -0.2) is 34.0 Å². The van der Waals surface area contributed by atoms with E-state index < -0.39 is 0 Å². The van der Waals surface area contributed by atoms with Crippen molar-refractivity contribution >= 4 is 29.4 Å². The van der Waals surface area contributed by atoms with E-state index in [-0.39, 0.29) is 24.2 Å². The Morgan fingerprint density at radius 3 is 2.61 bits per heavy atom. The molecular weight excluding hydrogens is 376 g/mol. The Hall–Kier alpha value is -2.44. The van der Waals surface area contributed by atoms with E-state index in [0.717, 1.165) is 23.4 Å². The predicted octanol–water partition coefficient (Wildman–Crippen LogP) is 4.07. The zero-order valence-electron chi connectivity index (χ0n) is 16.5. The lowest BCUT2D eigenvalue weighted by Crippen LogP contribution is -2.33. The number of hydrogen-bond acceptors (Lipinski definition) is 5. The minimum Gasteiger partial charge on any atom is -0.335 e. The molecule has 2 aromatic heterocycles. The third-order valence-electron chi connectivity index (χ3n) is 4.51. The van der Waals surface area contributed by atoms with Crippen molar-refractivity contribution in [3.05, 3.63) is 58.9 Å². The maximum atomic E-state index is 13.5. The summed E-state index contributed by atoms with van der Waals surface area (Å²) in [5.74, 6) is 0.0850. The van der Waals surface area contributed by atoms with Gasteiger partial charge in [-0.15, -0.1) is 12.4 Å². The second-order valence-electron chi connectivity index (χ2n) is 7.07. The average Bonchev–Trinajstić information content (AvgIpc) is 3.08. The number of amides is 1. The van der Waals surface area contributed by atoms with Gasteiger partial charge in [0.05, 0.1) is 16.6 Å². The molecule has 0 bridgehead atoms. The lowest BCUT2D eigenvalue weighted by atomic mass is 10.0. The molecule has 0 unspecified atom stereocenters. The van der Waals surface area contributed by atoms with Crippen LogP contribution in [-0.2, 0) is 6.54 Å². The second-order valence-corrected chi connectivity index (χ2v) is 7.07. The number of aromatic nitrogens is 2. The molecule has 0 aliphatic heterocycles. The molecule has 3 aromatic rings. The first-order valence-electron chi connectivity index (χ1n) is 9.31. The Balaban J connectivity index is 0.00000280. The molecule has 0 fully saturated rings. The minimum atomic E-state index is -0.0482. The zero-order chi connectivity index (χ0) is 19.4. The molecule has 0 saturated carbocycles. The van der Waals surface area contributed by atoms with Crippen molar-refractivity contribution in [1.29, 1.82) is 0 Å². The van der Waals surface area contributed by atoms with E-state index >= 15 is 0 Å². The van der Waals surface area contributed by atoms with Crippen molar-refractivity contribution in [2.24, 2.45) is 5.73 Å². The summed E-state index contributed by atoms with van der Waals surface area (Å²) in [5.41, 5.74) is 9.29. The highest BCUT2D eigenvalue weighted by Gasteiger charge is 2.24. The summed E-state index contributed by atoms with van der Waals surface area (Å²) in [7, 11) is 0. The Bertz CT molecular complexity index is 925. The molecule has 28 heavy (non-hydrogen) atoms. The third kappa shape index (κ3) is 4.69. The van der Waals surface area contributed by atoms with Crippen LogP contribution in [0.2, 0.25) is 0 Å². The maximum absolute atomic E-state index is 13.5. The van der Waals surface area contributed by atoms with Crippen LogP contribution in [0.25, 0.3) is 11.1 Å². The van der Waals surface area contributed by atoms with Crippen LogP contribution >= 0.6 is 12.4 Å². The number of rotatable bonds is 7. The van der Waals surface area contributed by atoms with Crippen LogP contribution < -0.4 is 5.73 Å². The van der Waals surface area contributed by atoms with Gasteiger partial charge in [-0.2, -0.15) is 0 Å². The van der Waals surface area contributed by atoms with Crippen molar-refractivity contribution in [3.63, 3.8) is 0 Å². The Morgan fingerprint density at radius 1 is 1.25 bits per heavy atom. The molecule has 0 aliphatic carbocycles. The fourth-order valence-electron chi connectivity index (χ4n) is 3.17. The van der Waals surface area contributed by atoms with E-state index in [1.165, 1.54) is 0 Å². The van der Waals surface area contributed by atoms with Crippen LogP contribution in [0.3, 0.4) is 0 Å². The van der Waals surface area contributed by atoms with Crippen molar-refractivity contribution < 1.29 is 9.32 Å². The van der Waals surface area contributed by atoms with Gasteiger partial charge in [0.1, 0.15) is 0 Å². The number of benzene rings is 1. The van der Waals surface area contributed by atoms with Gasteiger partial charge in [-0.1, -0.05) is 49.3 Å². The van der Waals surface area contributed by atoms with Gasteiger partial charge in [-0.3, -0.25) is 4.79 Å². The van der Waals surface area contributed by atoms with Crippen molar-refractivity contribution in [2.45, 2.75) is 39.7 Å². The van der Waals surface area contributed by atoms with E-state index in [0.29, 0.717) is 36.3 Å². The number of halogens is 1. The highest BCUT2D eigenvalue weighted by molar-refractivity contribution is 6.06. The van der Waals surface area contributed by atoms with Crippen LogP contribution in [0.4, 0.5) is 0 Å². The maximum Gasteiger partial charge on any atom is 0.259 e. The average molecular weight is 403 g/mol. The summed E-state index contributed by atoms with van der Waals surface area (Å²) >= 11 is 0. The molecule has 1 amide bonds. The monoisotopic (exact) mass is 402 g/mol. The van der Waals surface area contributed by atoms with Gasteiger partial charge < -0.3 is 15.2 Å². The first kappa shape index (κ1) is 21.9. The standard InChI is InChI=1S/C21H26N4O2.ClH/c1-14(2)19-18-17(12-15(3)23-20(18)27-24-19)21(26)25(11-7-10-22)13-16-8-5-4-6-9-16;/h4-6,8-9,12,14H,7,10-11,13,22H2,1-3H3;1H. The predicted molar refractivity (Wildman–Crippen MR) is 113 cm³/mol. The second kappa shape index (κ2) is 9.66. The Labute approximate surface area is 171 Å². The van der Waals surface area contributed by atoms with Gasteiger partial charge in [0.15, 0.2) is 0 Å². The fraction of sp³-hybridized carbons (Fsp3) is 0.381. The van der Waals surface area contributed by atoms with Gasteiger partial charge >= 0.3 is 0 Å². The van der Waals surface area contributed by atoms with Gasteiger partial charge in [0.2, 0.25) is 0 Å². The number of hydrogen-bond donors (Lipinski definition) is 1. The van der Waals surface area contributed by atoms with Crippen molar-refractivity contribution in [1.82, 2.24) is 15.0 Å². The molecule has 3 rings (SSSR count). The highest BCUT2D eigenvalue weighted by atomic mass is 35.5. The topological polar surface area (TPSA) is 85.2 Å². The van der Waals surface area contributed by atoms with Gasteiger partial charge in [-0.25, -0.2) is 4.98 Å². The first-order chi connectivity index (χ1) is 13.0. The summed E-state index contributed by atoms with van der Waals surface area (Å²) in [6.45, 7) is 7.58. The van der Waals surface area contributed by atoms with Gasteiger partial charge in [0.25, 0.3) is 11.6 Å². The smallest absolute Gasteiger partial charge is 0.259 e. The summed E-state index contributed by atoms with van der Waals surface area (Å²) in [5, 5.41) is 4.87. The lowest BCUT2D eigenvalue weighted by molar-refractivity contribution is 0.0744. The number of carbonyl (C=O) groups is 1. The molecule has 2 N–H and O–H groups in total. The number of pyridine rings is 1. The first-order valence-corrected chi connectivity index (χ1v) is 9.31. The molecule has 1 aromatic carbocycles. The van der Waals surface area contributed by atoms with Crippen molar-refractivity contribution in [2.75, 3.05) is 13.1 Å². The molecular formula is C21H27ClN4O2. The molecule has 0 spiro atoms. The lowest BCUT2D eigenvalue weighted by Gasteiger charge is -2.23. The number of carbonyl (C=O) groups excluding carboxylic acids is 1. The Morgan fingerprint density at radius 2 is 1.96 bits per heavy atom. The minimum absolute atomic E-state index is 0. The molecule has 150 valence electrons. The molecule has 7 heteroatoms. The molecule has 2 heterocycles. The van der Waals surface area contributed by atoms with Gasteiger partial charge in [0, 0.05) is 18.8 Å². The Kier molecular flexibility index (Phi) is 7.54. The summed E-state index contributed by atoms with van der Waals surface area (Å²) < 4.78 is 5.41. The van der Waals surface area contributed by atoms with Crippen molar-refractivity contribution in [3.8, 4) is 0 Å². The molecule has 0 radical (unpaired) electrons. The summed E-state index contributed by atoms with van der Waals surface area (Å²) in [4.78, 5) is 19.7. The SMILES string of the molecule is Cc1cc(C(=O)N(CCCN)Cc2ccccc2)c2c(C(C)C)noc2n1.Cl. The zero-order valence-corrected chi connectivity index (χ0v) is 17.3. The van der Waals surface area contributed by atoms with E-state index in [2.05, 4.69) is 10.1 Å². The normalized spacial score (nSPS) is 10.9. The van der Waals surface area contributed by atoms with Crippen LogP contribution in [0.1, 0.15) is 53.5 Å². The fourth-order valence-corrected chi connectivity index (χ4v) is 3.17. The van der Waals surface area contributed by atoms with Crippen LogP contribution in [0.15, 0.2) is 40.9 Å². The van der Waals surface area contributed by atoms with E-state index in [9.17, 15) is 4.79 Å². The summed E-state index contributed by atoms with van der Waals surface area (Å²) in [6.07, 6.45) is 0.743. The molecule has 0 aliphatic rings. The molecule has 0 atom stereocenters. The van der Waals surface area contributed by atoms with Crippen LogP contribution in [0, 0.1) is 6.92 Å². The van der Waals surface area contributed by atoms with Gasteiger partial charge in [-0.05, 0) is 37.4 Å².